The van der Waals surface area contributed by atoms with Gasteiger partial charge >= 0.3 is 0 Å². The second-order valence-electron chi connectivity index (χ2n) is 10.6. The Morgan fingerprint density at radius 3 is 2.12 bits per heavy atom. The average molecular weight is 614 g/mol. The highest BCUT2D eigenvalue weighted by Crippen LogP contribution is 2.30. The van der Waals surface area contributed by atoms with Crippen molar-refractivity contribution in [3.05, 3.63) is 95.0 Å². The first-order valence-electron chi connectivity index (χ1n) is 14.0. The smallest absolute Gasteiger partial charge is 0.243 e. The Morgan fingerprint density at radius 2 is 1.57 bits per heavy atom. The number of carbonyl (C=O) groups is 2. The van der Waals surface area contributed by atoms with Crippen LogP contribution < -0.4 is 14.4 Å². The largest absolute Gasteiger partial charge is 0.495 e. The van der Waals surface area contributed by atoms with Crippen molar-refractivity contribution in [2.24, 2.45) is 5.92 Å². The van der Waals surface area contributed by atoms with Gasteiger partial charge in [-0.3, -0.25) is 13.9 Å². The van der Waals surface area contributed by atoms with E-state index in [-0.39, 0.29) is 48.7 Å². The van der Waals surface area contributed by atoms with Crippen LogP contribution in [-0.2, 0) is 32.6 Å². The molecule has 3 aromatic rings. The second-order valence-corrected chi connectivity index (χ2v) is 12.9. The van der Waals surface area contributed by atoms with Crippen LogP contribution in [0.3, 0.4) is 0 Å². The van der Waals surface area contributed by atoms with Crippen LogP contribution in [0.4, 0.5) is 5.69 Å². The normalized spacial score (nSPS) is 12.0. The molecule has 8 nitrogen and oxygen atoms in total. The first kappa shape index (κ1) is 32.9. The Hall–Kier alpha value is -3.56. The summed E-state index contributed by atoms with van der Waals surface area (Å²) in [7, 11) is -2.18. The predicted octanol–water partition coefficient (Wildman–Crippen LogP) is 5.31. The number of halogens is 1. The number of hydrogen-bond acceptors (Lipinski definition) is 5. The molecule has 0 saturated heterocycles. The van der Waals surface area contributed by atoms with Crippen LogP contribution in [0.25, 0.3) is 0 Å². The van der Waals surface area contributed by atoms with E-state index in [2.05, 4.69) is 5.32 Å². The third-order valence-corrected chi connectivity index (χ3v) is 8.22. The predicted molar refractivity (Wildman–Crippen MR) is 168 cm³/mol. The number of benzene rings is 3. The molecule has 3 aromatic carbocycles. The summed E-state index contributed by atoms with van der Waals surface area (Å²) >= 11 is 6.26. The summed E-state index contributed by atoms with van der Waals surface area (Å²) in [4.78, 5) is 29.0. The van der Waals surface area contributed by atoms with E-state index in [1.807, 2.05) is 74.5 Å². The monoisotopic (exact) mass is 613 g/mol. The molecule has 42 heavy (non-hydrogen) atoms. The summed E-state index contributed by atoms with van der Waals surface area (Å²) in [6.07, 6.45) is 1.75. The zero-order valence-electron chi connectivity index (χ0n) is 24.6. The SMILES string of the molecule is COc1ccc(N(CCCC(=O)N(Cc2ccccc2)[C@H](Cc2ccccc2)C(=O)NCC(C)C)S(C)(=O)=O)cc1Cl. The van der Waals surface area contributed by atoms with Crippen molar-refractivity contribution < 1.29 is 22.7 Å². The molecular weight excluding hydrogens is 574 g/mol. The lowest BCUT2D eigenvalue weighted by atomic mass is 10.0. The maximum Gasteiger partial charge on any atom is 0.243 e. The van der Waals surface area contributed by atoms with Gasteiger partial charge in [-0.1, -0.05) is 86.1 Å². The molecule has 0 unspecified atom stereocenters. The van der Waals surface area contributed by atoms with Crippen molar-refractivity contribution in [1.29, 1.82) is 0 Å². The van der Waals surface area contributed by atoms with Gasteiger partial charge in [0.15, 0.2) is 0 Å². The molecular formula is C32H40ClN3O5S. The van der Waals surface area contributed by atoms with E-state index in [1.165, 1.54) is 17.5 Å². The standard InChI is InChI=1S/C32H40ClN3O5S/c1-24(2)22-34-32(38)29(20-25-12-7-5-8-13-25)35(23-26-14-9-6-10-15-26)31(37)16-11-19-36(42(4,39)40)27-17-18-30(41-3)28(33)21-27/h5-10,12-15,17-18,21,24,29H,11,16,19-20,22-23H2,1-4H3,(H,34,38)/t29-/m1/s1. The van der Waals surface area contributed by atoms with Crippen LogP contribution in [0.5, 0.6) is 5.75 Å². The van der Waals surface area contributed by atoms with Gasteiger partial charge in [-0.2, -0.15) is 0 Å². The minimum atomic E-state index is -3.66. The number of carbonyl (C=O) groups excluding carboxylic acids is 2. The van der Waals surface area contributed by atoms with Crippen molar-refractivity contribution in [2.45, 2.75) is 45.7 Å². The quantitative estimate of drug-likeness (QED) is 0.251. The lowest BCUT2D eigenvalue weighted by Crippen LogP contribution is -2.51. The third kappa shape index (κ3) is 9.77. The maximum atomic E-state index is 13.9. The van der Waals surface area contributed by atoms with Crippen LogP contribution >= 0.6 is 11.6 Å². The molecule has 10 heteroatoms. The summed E-state index contributed by atoms with van der Waals surface area (Å²) in [5.74, 6) is 0.224. The average Bonchev–Trinajstić information content (AvgIpc) is 2.96. The molecule has 0 aliphatic rings. The van der Waals surface area contributed by atoms with E-state index in [1.54, 1.807) is 17.0 Å². The third-order valence-electron chi connectivity index (χ3n) is 6.73. The summed E-state index contributed by atoms with van der Waals surface area (Å²) in [6, 6.07) is 23.2. The van der Waals surface area contributed by atoms with E-state index in [4.69, 9.17) is 16.3 Å². The van der Waals surface area contributed by atoms with Crippen LogP contribution in [-0.4, -0.2) is 57.6 Å². The second kappa shape index (κ2) is 15.6. The number of rotatable bonds is 15. The van der Waals surface area contributed by atoms with Crippen LogP contribution in [0.15, 0.2) is 78.9 Å². The maximum absolute atomic E-state index is 13.9. The highest BCUT2D eigenvalue weighted by molar-refractivity contribution is 7.92. The summed E-state index contributed by atoms with van der Waals surface area (Å²) in [5.41, 5.74) is 2.21. The Morgan fingerprint density at radius 1 is 0.952 bits per heavy atom. The molecule has 0 aromatic heterocycles. The Kier molecular flexibility index (Phi) is 12.2. The van der Waals surface area contributed by atoms with Crippen LogP contribution in [0, 0.1) is 5.92 Å². The van der Waals surface area contributed by atoms with E-state index in [9.17, 15) is 18.0 Å². The molecule has 0 heterocycles. The molecule has 0 radical (unpaired) electrons. The number of nitrogens with one attached hydrogen (secondary N) is 1. The summed E-state index contributed by atoms with van der Waals surface area (Å²) in [5, 5.41) is 3.29. The van der Waals surface area contributed by atoms with Crippen molar-refractivity contribution in [2.75, 3.05) is 30.8 Å². The fourth-order valence-electron chi connectivity index (χ4n) is 4.57. The van der Waals surface area contributed by atoms with Crippen molar-refractivity contribution >= 4 is 39.1 Å². The molecule has 226 valence electrons. The van der Waals surface area contributed by atoms with E-state index < -0.39 is 16.1 Å². The number of nitrogens with zero attached hydrogens (tertiary/aromatic N) is 2. The fourth-order valence-corrected chi connectivity index (χ4v) is 5.78. The Bertz CT molecular complexity index is 1420. The Balaban J connectivity index is 1.86. The van der Waals surface area contributed by atoms with Gasteiger partial charge in [0.05, 0.1) is 24.1 Å². The van der Waals surface area contributed by atoms with Gasteiger partial charge < -0.3 is 15.0 Å². The molecule has 0 bridgehead atoms. The molecule has 0 fully saturated rings. The minimum Gasteiger partial charge on any atom is -0.495 e. The molecule has 0 aliphatic carbocycles. The zero-order chi connectivity index (χ0) is 30.7. The molecule has 0 aliphatic heterocycles. The lowest BCUT2D eigenvalue weighted by molar-refractivity contribution is -0.141. The minimum absolute atomic E-state index is 0.0471. The molecule has 2 amide bonds. The van der Waals surface area contributed by atoms with Gasteiger partial charge in [0, 0.05) is 32.5 Å². The van der Waals surface area contributed by atoms with Gasteiger partial charge in [-0.25, -0.2) is 8.42 Å². The van der Waals surface area contributed by atoms with E-state index in [0.29, 0.717) is 24.4 Å². The van der Waals surface area contributed by atoms with Crippen LogP contribution in [0.2, 0.25) is 5.02 Å². The van der Waals surface area contributed by atoms with Crippen molar-refractivity contribution in [3.63, 3.8) is 0 Å². The number of amides is 2. The lowest BCUT2D eigenvalue weighted by Gasteiger charge is -2.32. The number of sulfonamides is 1. The van der Waals surface area contributed by atoms with Gasteiger partial charge in [0.25, 0.3) is 0 Å². The Labute approximate surface area is 254 Å². The molecule has 0 spiro atoms. The van der Waals surface area contributed by atoms with Gasteiger partial charge in [-0.05, 0) is 41.7 Å². The zero-order valence-corrected chi connectivity index (χ0v) is 26.2. The van der Waals surface area contributed by atoms with Crippen molar-refractivity contribution in [1.82, 2.24) is 10.2 Å². The topological polar surface area (TPSA) is 96.0 Å². The molecule has 3 rings (SSSR count). The van der Waals surface area contributed by atoms with E-state index >= 15 is 0 Å². The van der Waals surface area contributed by atoms with Gasteiger partial charge in [-0.15, -0.1) is 0 Å². The number of anilines is 1. The number of methoxy groups -OCH3 is 1. The molecule has 1 N–H and O–H groups in total. The molecule has 1 atom stereocenters. The number of ether oxygens (including phenoxy) is 1. The fraction of sp³-hybridized carbons (Fsp3) is 0.375. The van der Waals surface area contributed by atoms with Gasteiger partial charge in [0.2, 0.25) is 21.8 Å². The first-order valence-corrected chi connectivity index (χ1v) is 16.2. The first-order chi connectivity index (χ1) is 20.0. The van der Waals surface area contributed by atoms with Crippen LogP contribution in [0.1, 0.15) is 37.8 Å². The molecule has 0 saturated carbocycles. The van der Waals surface area contributed by atoms with Gasteiger partial charge in [0.1, 0.15) is 11.8 Å². The van der Waals surface area contributed by atoms with Crippen molar-refractivity contribution in [3.8, 4) is 5.75 Å². The highest BCUT2D eigenvalue weighted by Gasteiger charge is 2.30. The van der Waals surface area contributed by atoms with E-state index in [0.717, 1.165) is 17.4 Å². The number of hydrogen-bond donors (Lipinski definition) is 1. The summed E-state index contributed by atoms with van der Waals surface area (Å²) in [6.45, 7) is 4.84. The summed E-state index contributed by atoms with van der Waals surface area (Å²) < 4.78 is 31.8. The highest BCUT2D eigenvalue weighted by atomic mass is 35.5.